The number of aliphatic hydroxyl groups excluding tert-OH is 1. The van der Waals surface area contributed by atoms with Crippen molar-refractivity contribution in [1.29, 1.82) is 0 Å². The lowest BCUT2D eigenvalue weighted by Gasteiger charge is -2.21. The van der Waals surface area contributed by atoms with Crippen molar-refractivity contribution in [2.75, 3.05) is 12.4 Å². The molecule has 0 saturated carbocycles. The first-order chi connectivity index (χ1) is 6.31. The van der Waals surface area contributed by atoms with Gasteiger partial charge in [0, 0.05) is 12.7 Å². The Morgan fingerprint density at radius 2 is 2.31 bits per heavy atom. The highest BCUT2D eigenvalue weighted by molar-refractivity contribution is 5.49. The largest absolute Gasteiger partial charge is 0.388 e. The SMILES string of the molecule is CNc1ccc2c(c1)CCCC2O. The molecule has 2 heteroatoms. The maximum atomic E-state index is 9.70. The Morgan fingerprint density at radius 1 is 1.46 bits per heavy atom. The van der Waals surface area contributed by atoms with Crippen LogP contribution >= 0.6 is 0 Å². The summed E-state index contributed by atoms with van der Waals surface area (Å²) in [6, 6.07) is 6.19. The lowest BCUT2D eigenvalue weighted by atomic mass is 9.89. The Kier molecular flexibility index (Phi) is 2.23. The van der Waals surface area contributed by atoms with E-state index < -0.39 is 0 Å². The van der Waals surface area contributed by atoms with Crippen LogP contribution in [0.25, 0.3) is 0 Å². The van der Waals surface area contributed by atoms with Crippen LogP contribution in [0.3, 0.4) is 0 Å². The van der Waals surface area contributed by atoms with Crippen molar-refractivity contribution >= 4 is 5.69 Å². The maximum absolute atomic E-state index is 9.70. The number of aryl methyl sites for hydroxylation is 1. The van der Waals surface area contributed by atoms with Gasteiger partial charge in [-0.25, -0.2) is 0 Å². The molecule has 70 valence electrons. The molecule has 2 nitrogen and oxygen atoms in total. The van der Waals surface area contributed by atoms with Crippen LogP contribution in [0.15, 0.2) is 18.2 Å². The quantitative estimate of drug-likeness (QED) is 0.688. The number of hydrogen-bond acceptors (Lipinski definition) is 2. The Labute approximate surface area is 78.6 Å². The Balaban J connectivity index is 2.39. The molecule has 1 unspecified atom stereocenters. The Hall–Kier alpha value is -1.02. The van der Waals surface area contributed by atoms with Crippen LogP contribution in [-0.2, 0) is 6.42 Å². The third-order valence-electron chi connectivity index (χ3n) is 2.71. The first kappa shape index (κ1) is 8.57. The molecular weight excluding hydrogens is 162 g/mol. The van der Waals surface area contributed by atoms with E-state index in [1.165, 1.54) is 5.56 Å². The molecule has 0 saturated heterocycles. The van der Waals surface area contributed by atoms with E-state index in [0.717, 1.165) is 30.5 Å². The van der Waals surface area contributed by atoms with E-state index in [2.05, 4.69) is 11.4 Å². The van der Waals surface area contributed by atoms with Crippen molar-refractivity contribution in [1.82, 2.24) is 0 Å². The van der Waals surface area contributed by atoms with E-state index >= 15 is 0 Å². The minimum absolute atomic E-state index is 0.241. The van der Waals surface area contributed by atoms with Crippen molar-refractivity contribution in [3.8, 4) is 0 Å². The molecule has 0 amide bonds. The molecule has 2 rings (SSSR count). The summed E-state index contributed by atoms with van der Waals surface area (Å²) >= 11 is 0. The number of hydrogen-bond donors (Lipinski definition) is 2. The average molecular weight is 177 g/mol. The number of benzene rings is 1. The number of rotatable bonds is 1. The third-order valence-corrected chi connectivity index (χ3v) is 2.71. The molecule has 0 heterocycles. The molecule has 1 aromatic carbocycles. The van der Waals surface area contributed by atoms with Crippen LogP contribution in [0.2, 0.25) is 0 Å². The average Bonchev–Trinajstić information content (AvgIpc) is 2.18. The molecule has 0 spiro atoms. The van der Waals surface area contributed by atoms with E-state index in [-0.39, 0.29) is 6.10 Å². The van der Waals surface area contributed by atoms with Crippen molar-refractivity contribution in [3.63, 3.8) is 0 Å². The van der Waals surface area contributed by atoms with Gasteiger partial charge in [0.05, 0.1) is 6.10 Å². The summed E-state index contributed by atoms with van der Waals surface area (Å²) in [6.07, 6.45) is 2.87. The van der Waals surface area contributed by atoms with E-state index in [0.29, 0.717) is 0 Å². The number of fused-ring (bicyclic) bond motifs is 1. The van der Waals surface area contributed by atoms with Gasteiger partial charge in [-0.1, -0.05) is 6.07 Å². The van der Waals surface area contributed by atoms with Gasteiger partial charge in [-0.3, -0.25) is 0 Å². The minimum atomic E-state index is -0.241. The lowest BCUT2D eigenvalue weighted by molar-refractivity contribution is 0.156. The second kappa shape index (κ2) is 3.38. The highest BCUT2D eigenvalue weighted by atomic mass is 16.3. The molecular formula is C11H15NO. The molecule has 0 aromatic heterocycles. The van der Waals surface area contributed by atoms with Crippen molar-refractivity contribution in [2.45, 2.75) is 25.4 Å². The molecule has 1 aliphatic carbocycles. The van der Waals surface area contributed by atoms with Gasteiger partial charge in [0.1, 0.15) is 0 Å². The fourth-order valence-corrected chi connectivity index (χ4v) is 1.94. The molecule has 1 atom stereocenters. The fraction of sp³-hybridized carbons (Fsp3) is 0.455. The molecule has 0 radical (unpaired) electrons. The first-order valence-electron chi connectivity index (χ1n) is 4.80. The van der Waals surface area contributed by atoms with Gasteiger partial charge in [0.25, 0.3) is 0 Å². The van der Waals surface area contributed by atoms with Crippen LogP contribution in [0.1, 0.15) is 30.1 Å². The van der Waals surface area contributed by atoms with Gasteiger partial charge in [0.2, 0.25) is 0 Å². The summed E-state index contributed by atoms with van der Waals surface area (Å²) in [5.74, 6) is 0. The van der Waals surface area contributed by atoms with Crippen LogP contribution in [0.4, 0.5) is 5.69 Å². The zero-order chi connectivity index (χ0) is 9.26. The van der Waals surface area contributed by atoms with Gasteiger partial charge >= 0.3 is 0 Å². The van der Waals surface area contributed by atoms with E-state index in [4.69, 9.17) is 0 Å². The van der Waals surface area contributed by atoms with Gasteiger partial charge in [-0.2, -0.15) is 0 Å². The number of aliphatic hydroxyl groups is 1. The summed E-state index contributed by atoms with van der Waals surface area (Å²) in [4.78, 5) is 0. The van der Waals surface area contributed by atoms with Crippen molar-refractivity contribution in [3.05, 3.63) is 29.3 Å². The standard InChI is InChI=1S/C11H15NO/c1-12-9-5-6-10-8(7-9)3-2-4-11(10)13/h5-7,11-13H,2-4H2,1H3. The highest BCUT2D eigenvalue weighted by Gasteiger charge is 2.17. The van der Waals surface area contributed by atoms with E-state index in [1.54, 1.807) is 0 Å². The minimum Gasteiger partial charge on any atom is -0.388 e. The molecule has 1 aliphatic rings. The normalized spacial score (nSPS) is 20.9. The molecule has 2 N–H and O–H groups in total. The summed E-state index contributed by atoms with van der Waals surface area (Å²) in [7, 11) is 1.92. The van der Waals surface area contributed by atoms with E-state index in [9.17, 15) is 5.11 Å². The Morgan fingerprint density at radius 3 is 3.08 bits per heavy atom. The fourth-order valence-electron chi connectivity index (χ4n) is 1.94. The summed E-state index contributed by atoms with van der Waals surface area (Å²) < 4.78 is 0. The monoisotopic (exact) mass is 177 g/mol. The topological polar surface area (TPSA) is 32.3 Å². The molecule has 0 bridgehead atoms. The van der Waals surface area contributed by atoms with Crippen molar-refractivity contribution < 1.29 is 5.11 Å². The second-order valence-electron chi connectivity index (χ2n) is 3.57. The predicted octanol–water partition coefficient (Wildman–Crippen LogP) is 2.10. The predicted molar refractivity (Wildman–Crippen MR) is 53.9 cm³/mol. The number of anilines is 1. The first-order valence-corrected chi connectivity index (χ1v) is 4.80. The summed E-state index contributed by atoms with van der Waals surface area (Å²) in [5.41, 5.74) is 3.55. The van der Waals surface area contributed by atoms with Gasteiger partial charge in [0.15, 0.2) is 0 Å². The molecule has 13 heavy (non-hydrogen) atoms. The van der Waals surface area contributed by atoms with Gasteiger partial charge in [-0.15, -0.1) is 0 Å². The van der Waals surface area contributed by atoms with Gasteiger partial charge < -0.3 is 10.4 Å². The van der Waals surface area contributed by atoms with Crippen LogP contribution < -0.4 is 5.32 Å². The second-order valence-corrected chi connectivity index (χ2v) is 3.57. The maximum Gasteiger partial charge on any atom is 0.0792 e. The zero-order valence-electron chi connectivity index (χ0n) is 7.88. The van der Waals surface area contributed by atoms with Crippen LogP contribution in [-0.4, -0.2) is 12.2 Å². The molecule has 0 aliphatic heterocycles. The molecule has 0 fully saturated rings. The van der Waals surface area contributed by atoms with Gasteiger partial charge in [-0.05, 0) is 42.5 Å². The third kappa shape index (κ3) is 1.54. The molecule has 1 aromatic rings. The summed E-state index contributed by atoms with van der Waals surface area (Å²) in [5, 5.41) is 12.8. The van der Waals surface area contributed by atoms with Crippen LogP contribution in [0, 0.1) is 0 Å². The van der Waals surface area contributed by atoms with E-state index in [1.807, 2.05) is 19.2 Å². The summed E-state index contributed by atoms with van der Waals surface area (Å²) in [6.45, 7) is 0. The van der Waals surface area contributed by atoms with Crippen LogP contribution in [0.5, 0.6) is 0 Å². The zero-order valence-corrected chi connectivity index (χ0v) is 7.88. The Bertz CT molecular complexity index is 309. The smallest absolute Gasteiger partial charge is 0.0792 e. The lowest BCUT2D eigenvalue weighted by Crippen LogP contribution is -2.09. The highest BCUT2D eigenvalue weighted by Crippen LogP contribution is 2.30. The van der Waals surface area contributed by atoms with Crippen molar-refractivity contribution in [2.24, 2.45) is 0 Å². The number of nitrogens with one attached hydrogen (secondary N) is 1.